The SMILES string of the molecule is CC(O)C(NC(=O)CS(=O)(=O)Nc1ccc(F)c(C(F)(F)F)c1)C(=O)O. The number of amides is 1. The van der Waals surface area contributed by atoms with Gasteiger partial charge in [0.05, 0.1) is 11.7 Å². The Bertz CT molecular complexity index is 794. The fourth-order valence-corrected chi connectivity index (χ4v) is 2.78. The largest absolute Gasteiger partial charge is 0.480 e. The van der Waals surface area contributed by atoms with Crippen LogP contribution < -0.4 is 10.0 Å². The van der Waals surface area contributed by atoms with Crippen LogP contribution in [-0.2, 0) is 25.8 Å². The van der Waals surface area contributed by atoms with Crippen LogP contribution in [0.3, 0.4) is 0 Å². The predicted octanol–water partition coefficient (Wildman–Crippen LogP) is 0.536. The zero-order chi connectivity index (χ0) is 20.3. The Morgan fingerprint density at radius 3 is 2.31 bits per heavy atom. The molecule has 0 aromatic heterocycles. The Kier molecular flexibility index (Phi) is 6.54. The van der Waals surface area contributed by atoms with Gasteiger partial charge < -0.3 is 15.5 Å². The summed E-state index contributed by atoms with van der Waals surface area (Å²) in [7, 11) is -4.53. The van der Waals surface area contributed by atoms with Crippen molar-refractivity contribution in [2.45, 2.75) is 25.2 Å². The fourth-order valence-electron chi connectivity index (χ4n) is 1.80. The van der Waals surface area contributed by atoms with E-state index in [0.717, 1.165) is 13.0 Å². The van der Waals surface area contributed by atoms with Gasteiger partial charge in [-0.2, -0.15) is 13.2 Å². The summed E-state index contributed by atoms with van der Waals surface area (Å²) in [6.45, 7) is 1.04. The summed E-state index contributed by atoms with van der Waals surface area (Å²) < 4.78 is 76.3. The summed E-state index contributed by atoms with van der Waals surface area (Å²) in [6.07, 6.45) is -6.59. The smallest absolute Gasteiger partial charge is 0.419 e. The highest BCUT2D eigenvalue weighted by Gasteiger charge is 2.34. The number of alkyl halides is 3. The number of benzene rings is 1. The molecule has 0 aliphatic carbocycles. The van der Waals surface area contributed by atoms with E-state index in [4.69, 9.17) is 5.11 Å². The zero-order valence-electron chi connectivity index (χ0n) is 13.0. The molecule has 0 aliphatic rings. The Morgan fingerprint density at radius 2 is 1.85 bits per heavy atom. The fraction of sp³-hybridized carbons (Fsp3) is 0.385. The number of halogens is 4. The second-order valence-electron chi connectivity index (χ2n) is 5.18. The highest BCUT2D eigenvalue weighted by Crippen LogP contribution is 2.33. The molecule has 4 N–H and O–H groups in total. The predicted molar refractivity (Wildman–Crippen MR) is 80.1 cm³/mol. The van der Waals surface area contributed by atoms with Crippen LogP contribution in [0.1, 0.15) is 12.5 Å². The minimum atomic E-state index is -5.06. The zero-order valence-corrected chi connectivity index (χ0v) is 13.9. The lowest BCUT2D eigenvalue weighted by molar-refractivity contribution is -0.144. The third-order valence-corrected chi connectivity index (χ3v) is 4.12. The molecule has 0 spiro atoms. The van der Waals surface area contributed by atoms with E-state index in [-0.39, 0.29) is 6.07 Å². The molecule has 2 unspecified atom stereocenters. The standard InChI is InChI=1S/C13H14F4N2O6S/c1-6(20)11(12(22)23)18-10(21)5-26(24,25)19-7-2-3-9(14)8(4-7)13(15,16)17/h2-4,6,11,19-20H,5H2,1H3,(H,18,21)(H,22,23). The number of anilines is 1. The van der Waals surface area contributed by atoms with Crippen LogP contribution in [-0.4, -0.2) is 48.4 Å². The number of rotatable bonds is 7. The molecule has 1 aromatic rings. The van der Waals surface area contributed by atoms with E-state index in [1.54, 1.807) is 10.0 Å². The number of hydrogen-bond donors (Lipinski definition) is 4. The van der Waals surface area contributed by atoms with E-state index in [1.165, 1.54) is 0 Å². The van der Waals surface area contributed by atoms with Gasteiger partial charge in [-0.05, 0) is 25.1 Å². The lowest BCUT2D eigenvalue weighted by Crippen LogP contribution is -2.49. The van der Waals surface area contributed by atoms with E-state index in [2.05, 4.69) is 0 Å². The molecule has 26 heavy (non-hydrogen) atoms. The molecule has 0 saturated heterocycles. The van der Waals surface area contributed by atoms with E-state index in [1.807, 2.05) is 0 Å². The summed E-state index contributed by atoms with van der Waals surface area (Å²) in [5, 5.41) is 19.7. The van der Waals surface area contributed by atoms with Crippen molar-refractivity contribution in [3.8, 4) is 0 Å². The minimum absolute atomic E-state index is 0.209. The first-order valence-corrected chi connectivity index (χ1v) is 8.45. The Hall–Kier alpha value is -2.41. The number of sulfonamides is 1. The number of aliphatic hydroxyl groups excluding tert-OH is 1. The van der Waals surface area contributed by atoms with Gasteiger partial charge in [0.1, 0.15) is 11.6 Å². The molecule has 13 heteroatoms. The highest BCUT2D eigenvalue weighted by molar-refractivity contribution is 7.93. The van der Waals surface area contributed by atoms with Crippen LogP contribution in [0.5, 0.6) is 0 Å². The number of carboxylic acid groups (broad SMARTS) is 1. The number of nitrogens with one attached hydrogen (secondary N) is 2. The van der Waals surface area contributed by atoms with Crippen molar-refractivity contribution in [1.82, 2.24) is 5.32 Å². The Labute approximate surface area is 144 Å². The second-order valence-corrected chi connectivity index (χ2v) is 6.90. The lowest BCUT2D eigenvalue weighted by Gasteiger charge is -2.17. The van der Waals surface area contributed by atoms with Crippen molar-refractivity contribution >= 4 is 27.6 Å². The number of carboxylic acids is 1. The van der Waals surface area contributed by atoms with Gasteiger partial charge in [-0.15, -0.1) is 0 Å². The quantitative estimate of drug-likeness (QED) is 0.492. The van der Waals surface area contributed by atoms with Crippen LogP contribution >= 0.6 is 0 Å². The third-order valence-electron chi connectivity index (χ3n) is 2.93. The second kappa shape index (κ2) is 7.86. The summed E-state index contributed by atoms with van der Waals surface area (Å²) in [5.41, 5.74) is -2.35. The maximum Gasteiger partial charge on any atom is 0.419 e. The first-order valence-electron chi connectivity index (χ1n) is 6.80. The van der Waals surface area contributed by atoms with Crippen LogP contribution in [0.25, 0.3) is 0 Å². The number of hydrogen-bond acceptors (Lipinski definition) is 5. The first kappa shape index (κ1) is 21.6. The average molecular weight is 402 g/mol. The number of aliphatic carboxylic acids is 1. The van der Waals surface area contributed by atoms with E-state index < -0.39 is 63.0 Å². The maximum atomic E-state index is 13.2. The third kappa shape index (κ3) is 6.15. The van der Waals surface area contributed by atoms with Crippen LogP contribution in [0.4, 0.5) is 23.2 Å². The highest BCUT2D eigenvalue weighted by atomic mass is 32.2. The minimum Gasteiger partial charge on any atom is -0.480 e. The van der Waals surface area contributed by atoms with Crippen molar-refractivity contribution < 1.29 is 45.8 Å². The molecular formula is C13H14F4N2O6S. The van der Waals surface area contributed by atoms with E-state index in [0.29, 0.717) is 6.07 Å². The monoisotopic (exact) mass is 402 g/mol. The molecule has 0 aliphatic heterocycles. The molecule has 2 atom stereocenters. The van der Waals surface area contributed by atoms with Gasteiger partial charge >= 0.3 is 12.1 Å². The van der Waals surface area contributed by atoms with Crippen molar-refractivity contribution in [2.24, 2.45) is 0 Å². The average Bonchev–Trinajstić information content (AvgIpc) is 2.44. The van der Waals surface area contributed by atoms with Gasteiger partial charge in [0.25, 0.3) is 0 Å². The molecule has 0 saturated carbocycles. The van der Waals surface area contributed by atoms with Crippen molar-refractivity contribution in [3.05, 3.63) is 29.6 Å². The summed E-state index contributed by atoms with van der Waals surface area (Å²) in [4.78, 5) is 22.4. The van der Waals surface area contributed by atoms with Gasteiger partial charge in [0.2, 0.25) is 15.9 Å². The summed E-state index contributed by atoms with van der Waals surface area (Å²) >= 11 is 0. The normalized spacial score (nSPS) is 14.4. The molecule has 1 rings (SSSR count). The first-order chi connectivity index (χ1) is 11.7. The maximum absolute atomic E-state index is 13.2. The van der Waals surface area contributed by atoms with Crippen molar-refractivity contribution in [1.29, 1.82) is 0 Å². The molecule has 0 bridgehead atoms. The molecule has 0 heterocycles. The number of carbonyl (C=O) groups excluding carboxylic acids is 1. The molecule has 8 nitrogen and oxygen atoms in total. The van der Waals surface area contributed by atoms with Crippen molar-refractivity contribution in [3.63, 3.8) is 0 Å². The van der Waals surface area contributed by atoms with Gasteiger partial charge in [0.15, 0.2) is 6.04 Å². The van der Waals surface area contributed by atoms with Gasteiger partial charge in [-0.1, -0.05) is 0 Å². The number of carbonyl (C=O) groups is 2. The topological polar surface area (TPSA) is 133 Å². The molecule has 146 valence electrons. The van der Waals surface area contributed by atoms with Gasteiger partial charge in [-0.25, -0.2) is 17.6 Å². The van der Waals surface area contributed by atoms with Crippen molar-refractivity contribution in [2.75, 3.05) is 10.5 Å². The van der Waals surface area contributed by atoms with Gasteiger partial charge in [0, 0.05) is 5.69 Å². The van der Waals surface area contributed by atoms with Gasteiger partial charge in [-0.3, -0.25) is 9.52 Å². The molecule has 0 fully saturated rings. The lowest BCUT2D eigenvalue weighted by atomic mass is 10.2. The van der Waals surface area contributed by atoms with Crippen LogP contribution in [0.2, 0.25) is 0 Å². The molecule has 0 radical (unpaired) electrons. The molecule has 1 amide bonds. The number of aliphatic hydroxyl groups is 1. The van der Waals surface area contributed by atoms with E-state index in [9.17, 15) is 40.7 Å². The Morgan fingerprint density at radius 1 is 1.27 bits per heavy atom. The summed E-state index contributed by atoms with van der Waals surface area (Å²) in [6, 6.07) is -0.453. The van der Waals surface area contributed by atoms with Crippen LogP contribution in [0, 0.1) is 5.82 Å². The molecular weight excluding hydrogens is 388 g/mol. The summed E-state index contributed by atoms with van der Waals surface area (Å²) in [5.74, 6) is -5.88. The molecule has 1 aromatic carbocycles. The van der Waals surface area contributed by atoms with Crippen LogP contribution in [0.15, 0.2) is 18.2 Å². The Balaban J connectivity index is 2.90. The van der Waals surface area contributed by atoms with E-state index >= 15 is 0 Å².